The molecule has 1 aliphatic rings. The first kappa shape index (κ1) is 23.5. The van der Waals surface area contributed by atoms with Crippen LogP contribution in [0.1, 0.15) is 39.9 Å². The minimum Gasteiger partial charge on any atom is -0.360 e. The highest BCUT2D eigenvalue weighted by Crippen LogP contribution is 2.38. The summed E-state index contributed by atoms with van der Waals surface area (Å²) in [6.45, 7) is 3.12. The lowest BCUT2D eigenvalue weighted by Gasteiger charge is -2.30. The summed E-state index contributed by atoms with van der Waals surface area (Å²) in [5.74, 6) is 0.882. The Balaban J connectivity index is 1.10. The Morgan fingerprint density at radius 3 is 2.67 bits per heavy atom. The van der Waals surface area contributed by atoms with Crippen molar-refractivity contribution < 1.29 is 9.32 Å². The molecule has 1 aliphatic heterocycles. The van der Waals surface area contributed by atoms with Crippen molar-refractivity contribution in [1.29, 1.82) is 0 Å². The molecule has 4 aromatic heterocycles. The van der Waals surface area contributed by atoms with Gasteiger partial charge in [0.15, 0.2) is 0 Å². The van der Waals surface area contributed by atoms with Crippen molar-refractivity contribution in [1.82, 2.24) is 29.6 Å². The van der Waals surface area contributed by atoms with E-state index < -0.39 is 0 Å². The molecule has 194 valence electrons. The number of aryl methyl sites for hydroxylation is 1. The van der Waals surface area contributed by atoms with Gasteiger partial charge in [0.1, 0.15) is 22.7 Å². The summed E-state index contributed by atoms with van der Waals surface area (Å²) in [5.41, 5.74) is 4.85. The van der Waals surface area contributed by atoms with Gasteiger partial charge in [0.25, 0.3) is 11.5 Å². The molecule has 2 aromatic carbocycles. The lowest BCUT2D eigenvalue weighted by atomic mass is 9.97. The fourth-order valence-corrected chi connectivity index (χ4v) is 6.37. The highest BCUT2D eigenvalue weighted by atomic mass is 32.1. The third-order valence-electron chi connectivity index (χ3n) is 7.43. The van der Waals surface area contributed by atoms with E-state index in [0.29, 0.717) is 35.2 Å². The molecule has 0 spiro atoms. The van der Waals surface area contributed by atoms with E-state index in [-0.39, 0.29) is 17.4 Å². The van der Waals surface area contributed by atoms with Crippen LogP contribution in [0.25, 0.3) is 39.1 Å². The molecule has 6 aromatic rings. The number of hydrogen-bond donors (Lipinski definition) is 1. The van der Waals surface area contributed by atoms with Gasteiger partial charge in [0.2, 0.25) is 0 Å². The highest BCUT2D eigenvalue weighted by Gasteiger charge is 2.29. The summed E-state index contributed by atoms with van der Waals surface area (Å²) in [4.78, 5) is 35.7. The molecule has 1 fully saturated rings. The van der Waals surface area contributed by atoms with Crippen molar-refractivity contribution in [2.45, 2.75) is 25.7 Å². The van der Waals surface area contributed by atoms with Crippen LogP contribution in [0.2, 0.25) is 0 Å². The Morgan fingerprint density at radius 2 is 1.85 bits per heavy atom. The average molecular weight is 537 g/mol. The SMILES string of the molecule is Cc1onc(-c2ccccc2)c1-c1csc(C2CCN(C(=O)c3cnn4c3[nH]c(=O)c3ccccc34)CC2)n1. The maximum Gasteiger partial charge on any atom is 0.259 e. The van der Waals surface area contributed by atoms with Crippen LogP contribution < -0.4 is 5.56 Å². The summed E-state index contributed by atoms with van der Waals surface area (Å²) in [6.07, 6.45) is 3.17. The number of para-hydroxylation sites is 1. The van der Waals surface area contributed by atoms with Gasteiger partial charge >= 0.3 is 0 Å². The van der Waals surface area contributed by atoms with Crippen molar-refractivity contribution >= 4 is 33.8 Å². The van der Waals surface area contributed by atoms with Gasteiger partial charge in [-0.05, 0) is 31.9 Å². The number of H-pyrrole nitrogens is 1. The van der Waals surface area contributed by atoms with Gasteiger partial charge in [-0.25, -0.2) is 9.50 Å². The molecule has 1 saturated heterocycles. The lowest BCUT2D eigenvalue weighted by molar-refractivity contribution is 0.0714. The molecule has 0 saturated carbocycles. The Bertz CT molecular complexity index is 1890. The molecule has 0 aliphatic carbocycles. The quantitative estimate of drug-likeness (QED) is 0.328. The summed E-state index contributed by atoms with van der Waals surface area (Å²) >= 11 is 1.64. The zero-order valence-corrected chi connectivity index (χ0v) is 21.9. The third-order valence-corrected chi connectivity index (χ3v) is 8.44. The second-order valence-corrected chi connectivity index (χ2v) is 10.6. The number of nitrogens with one attached hydrogen (secondary N) is 1. The normalized spacial score (nSPS) is 14.4. The van der Waals surface area contributed by atoms with Gasteiger partial charge in [0.05, 0.1) is 33.4 Å². The van der Waals surface area contributed by atoms with Crippen LogP contribution in [0, 0.1) is 6.92 Å². The van der Waals surface area contributed by atoms with Crippen LogP contribution in [0.15, 0.2) is 75.5 Å². The van der Waals surface area contributed by atoms with Crippen LogP contribution in [0.5, 0.6) is 0 Å². The van der Waals surface area contributed by atoms with Gasteiger partial charge in [-0.15, -0.1) is 11.3 Å². The van der Waals surface area contributed by atoms with Gasteiger partial charge in [-0.3, -0.25) is 9.59 Å². The second-order valence-electron chi connectivity index (χ2n) is 9.76. The van der Waals surface area contributed by atoms with E-state index in [4.69, 9.17) is 9.51 Å². The van der Waals surface area contributed by atoms with Crippen molar-refractivity contribution in [3.63, 3.8) is 0 Å². The summed E-state index contributed by atoms with van der Waals surface area (Å²) in [6, 6.07) is 17.2. The first-order valence-corrected chi connectivity index (χ1v) is 13.7. The lowest BCUT2D eigenvalue weighted by Crippen LogP contribution is -2.38. The predicted octanol–water partition coefficient (Wildman–Crippen LogP) is 5.28. The average Bonchev–Trinajstić information content (AvgIpc) is 3.72. The molecule has 10 heteroatoms. The summed E-state index contributed by atoms with van der Waals surface area (Å²) < 4.78 is 7.17. The molecule has 0 atom stereocenters. The largest absolute Gasteiger partial charge is 0.360 e. The predicted molar refractivity (Wildman–Crippen MR) is 149 cm³/mol. The molecule has 5 heterocycles. The Morgan fingerprint density at radius 1 is 1.08 bits per heavy atom. The highest BCUT2D eigenvalue weighted by molar-refractivity contribution is 7.10. The molecule has 39 heavy (non-hydrogen) atoms. The maximum atomic E-state index is 13.5. The molecule has 1 N–H and O–H groups in total. The van der Waals surface area contributed by atoms with Crippen molar-refractivity contribution in [3.8, 4) is 22.5 Å². The number of rotatable bonds is 4. The Labute approximate surface area is 226 Å². The molecule has 0 unspecified atom stereocenters. The number of nitrogens with zero attached hydrogens (tertiary/aromatic N) is 5. The number of carbonyl (C=O) groups excluding carboxylic acids is 1. The van der Waals surface area contributed by atoms with Crippen LogP contribution in [0.4, 0.5) is 0 Å². The molecule has 0 bridgehead atoms. The molecule has 7 rings (SSSR count). The summed E-state index contributed by atoms with van der Waals surface area (Å²) in [5, 5.41) is 12.4. The summed E-state index contributed by atoms with van der Waals surface area (Å²) in [7, 11) is 0. The molecular formula is C29H24N6O3S. The van der Waals surface area contributed by atoms with E-state index in [1.807, 2.05) is 60.4 Å². The van der Waals surface area contributed by atoms with Crippen LogP contribution >= 0.6 is 11.3 Å². The van der Waals surface area contributed by atoms with Crippen LogP contribution in [0.3, 0.4) is 0 Å². The maximum absolute atomic E-state index is 13.5. The Kier molecular flexibility index (Phi) is 5.62. The zero-order chi connectivity index (χ0) is 26.5. The van der Waals surface area contributed by atoms with E-state index in [1.165, 1.54) is 0 Å². The number of amides is 1. The Hall–Kier alpha value is -4.57. The smallest absolute Gasteiger partial charge is 0.259 e. The zero-order valence-electron chi connectivity index (χ0n) is 21.1. The number of likely N-dealkylation sites (tertiary alicyclic amines) is 1. The number of hydrogen-bond acceptors (Lipinski definition) is 7. The van der Waals surface area contributed by atoms with E-state index in [9.17, 15) is 9.59 Å². The van der Waals surface area contributed by atoms with Gasteiger partial charge in [-0.2, -0.15) is 5.10 Å². The minimum absolute atomic E-state index is 0.123. The minimum atomic E-state index is -0.232. The fourth-order valence-electron chi connectivity index (χ4n) is 5.39. The first-order valence-electron chi connectivity index (χ1n) is 12.8. The van der Waals surface area contributed by atoms with Gasteiger partial charge in [0, 0.05) is 30.0 Å². The van der Waals surface area contributed by atoms with E-state index in [0.717, 1.165) is 46.1 Å². The van der Waals surface area contributed by atoms with Crippen LogP contribution in [-0.2, 0) is 0 Å². The fraction of sp³-hybridized carbons (Fsp3) is 0.207. The topological polar surface area (TPSA) is 109 Å². The number of fused-ring (bicyclic) bond motifs is 3. The van der Waals surface area contributed by atoms with E-state index >= 15 is 0 Å². The van der Waals surface area contributed by atoms with Crippen molar-refractivity contribution in [2.24, 2.45) is 0 Å². The number of aromatic nitrogens is 5. The molecular weight excluding hydrogens is 512 g/mol. The van der Waals surface area contributed by atoms with E-state index in [2.05, 4.69) is 20.6 Å². The number of thiazole rings is 1. The third kappa shape index (κ3) is 3.95. The standard InChI is InChI=1S/C29H24N6O3S/c1-17-24(25(33-38-17)18-7-3-2-4-8-18)22-16-39-28(31-22)19-11-13-34(14-12-19)29(37)21-15-30-35-23-10-6-5-9-20(23)27(36)32-26(21)35/h2-10,15-16,19H,11-14H2,1H3,(H,32,36). The number of piperidine rings is 1. The second kappa shape index (κ2) is 9.32. The number of benzene rings is 2. The number of aromatic amines is 1. The van der Waals surface area contributed by atoms with Gasteiger partial charge in [-0.1, -0.05) is 47.6 Å². The van der Waals surface area contributed by atoms with Crippen molar-refractivity contribution in [2.75, 3.05) is 13.1 Å². The number of carbonyl (C=O) groups is 1. The molecule has 0 radical (unpaired) electrons. The first-order chi connectivity index (χ1) is 19.1. The van der Waals surface area contributed by atoms with Crippen LogP contribution in [-0.4, -0.2) is 48.6 Å². The molecule has 1 amide bonds. The monoisotopic (exact) mass is 536 g/mol. The van der Waals surface area contributed by atoms with E-state index in [1.54, 1.807) is 28.1 Å². The van der Waals surface area contributed by atoms with Gasteiger partial charge < -0.3 is 14.4 Å². The van der Waals surface area contributed by atoms with Crippen molar-refractivity contribution in [3.05, 3.63) is 92.9 Å². The molecule has 9 nitrogen and oxygen atoms in total.